The SMILES string of the molecule is O=C(NCCCOCCOCCOCCOCCOCCOCCOCCOCCOCCOCCOCCOCCOCCI)OCC1c2ccccc2-c2ccccc21. The molecule has 61 heavy (non-hydrogen) atoms. The molecule has 0 unspecified atom stereocenters. The molecule has 1 N–H and O–H groups in total. The average molecular weight is 980 g/mol. The van der Waals surface area contributed by atoms with Gasteiger partial charge in [-0.15, -0.1) is 0 Å². The highest BCUT2D eigenvalue weighted by Gasteiger charge is 2.29. The number of fused-ring (bicyclic) bond motifs is 3. The van der Waals surface area contributed by atoms with Crippen molar-refractivity contribution in [1.82, 2.24) is 5.32 Å². The van der Waals surface area contributed by atoms with Gasteiger partial charge in [-0.1, -0.05) is 71.1 Å². The summed E-state index contributed by atoms with van der Waals surface area (Å²) in [6.45, 7) is 14.3. The third-order valence-corrected chi connectivity index (χ3v) is 9.20. The number of carbonyl (C=O) groups is 1. The normalized spacial score (nSPS) is 12.2. The molecule has 1 aliphatic carbocycles. The van der Waals surface area contributed by atoms with Gasteiger partial charge in [0.25, 0.3) is 0 Å². The molecule has 0 bridgehead atoms. The Bertz CT molecular complexity index is 1270. The maximum Gasteiger partial charge on any atom is 0.407 e. The molecule has 16 nitrogen and oxygen atoms in total. The van der Waals surface area contributed by atoms with E-state index >= 15 is 0 Å². The average Bonchev–Trinajstić information content (AvgIpc) is 3.60. The van der Waals surface area contributed by atoms with Crippen molar-refractivity contribution in [2.75, 3.05) is 189 Å². The predicted molar refractivity (Wildman–Crippen MR) is 237 cm³/mol. The Morgan fingerprint density at radius 2 is 0.689 bits per heavy atom. The molecule has 3 rings (SSSR count). The maximum atomic E-state index is 12.3. The van der Waals surface area contributed by atoms with E-state index in [2.05, 4.69) is 52.2 Å². The summed E-state index contributed by atoms with van der Waals surface area (Å²) in [5, 5.41) is 2.81. The number of hydrogen-bond donors (Lipinski definition) is 1. The van der Waals surface area contributed by atoms with Crippen molar-refractivity contribution in [1.29, 1.82) is 0 Å². The summed E-state index contributed by atoms with van der Waals surface area (Å²) < 4.78 is 77.9. The fourth-order valence-corrected chi connectivity index (χ4v) is 6.12. The number of ether oxygens (including phenoxy) is 14. The van der Waals surface area contributed by atoms with Crippen molar-refractivity contribution >= 4 is 28.7 Å². The third-order valence-electron chi connectivity index (χ3n) is 8.76. The first-order valence-electron chi connectivity index (χ1n) is 21.5. The first-order chi connectivity index (χ1) is 30.3. The minimum atomic E-state index is -0.416. The molecule has 1 aliphatic rings. The summed E-state index contributed by atoms with van der Waals surface area (Å²) >= 11 is 2.28. The van der Waals surface area contributed by atoms with E-state index in [1.54, 1.807) is 0 Å². The number of hydrogen-bond acceptors (Lipinski definition) is 15. The summed E-state index contributed by atoms with van der Waals surface area (Å²) in [6.07, 6.45) is 0.266. The molecule has 0 saturated heterocycles. The monoisotopic (exact) mass is 979 g/mol. The molecule has 0 spiro atoms. The highest BCUT2D eigenvalue weighted by molar-refractivity contribution is 14.1. The zero-order valence-electron chi connectivity index (χ0n) is 35.9. The lowest BCUT2D eigenvalue weighted by molar-refractivity contribution is -0.0289. The van der Waals surface area contributed by atoms with E-state index in [9.17, 15) is 4.79 Å². The van der Waals surface area contributed by atoms with Gasteiger partial charge < -0.3 is 71.6 Å². The largest absolute Gasteiger partial charge is 0.449 e. The second-order valence-electron chi connectivity index (χ2n) is 13.3. The highest BCUT2D eigenvalue weighted by Crippen LogP contribution is 2.44. The van der Waals surface area contributed by atoms with Gasteiger partial charge in [0.2, 0.25) is 0 Å². The van der Waals surface area contributed by atoms with Gasteiger partial charge in [-0.05, 0) is 28.7 Å². The van der Waals surface area contributed by atoms with Crippen molar-refractivity contribution < 1.29 is 71.1 Å². The van der Waals surface area contributed by atoms with Crippen LogP contribution in [0.1, 0.15) is 23.5 Å². The van der Waals surface area contributed by atoms with E-state index < -0.39 is 6.09 Å². The Hall–Kier alpha value is -2.08. The first kappa shape index (κ1) is 53.3. The van der Waals surface area contributed by atoms with Crippen molar-refractivity contribution in [2.45, 2.75) is 12.3 Å². The minimum Gasteiger partial charge on any atom is -0.449 e. The van der Waals surface area contributed by atoms with E-state index in [0.29, 0.717) is 185 Å². The molecule has 0 aromatic heterocycles. The molecule has 2 aromatic carbocycles. The van der Waals surface area contributed by atoms with E-state index in [4.69, 9.17) is 66.3 Å². The zero-order valence-corrected chi connectivity index (χ0v) is 38.1. The van der Waals surface area contributed by atoms with Gasteiger partial charge in [-0.25, -0.2) is 4.79 Å². The molecular formula is C44H70INO15. The Morgan fingerprint density at radius 3 is 1.00 bits per heavy atom. The van der Waals surface area contributed by atoms with Crippen LogP contribution in [0.5, 0.6) is 0 Å². The van der Waals surface area contributed by atoms with Crippen molar-refractivity contribution in [3.63, 3.8) is 0 Å². The van der Waals surface area contributed by atoms with Gasteiger partial charge in [0.15, 0.2) is 0 Å². The third kappa shape index (κ3) is 27.7. The number of benzene rings is 2. The lowest BCUT2D eigenvalue weighted by atomic mass is 9.98. The van der Waals surface area contributed by atoms with E-state index in [-0.39, 0.29) is 5.92 Å². The lowest BCUT2D eigenvalue weighted by Gasteiger charge is -2.14. The van der Waals surface area contributed by atoms with Crippen LogP contribution < -0.4 is 5.32 Å². The van der Waals surface area contributed by atoms with Gasteiger partial charge in [0.1, 0.15) is 6.61 Å². The number of halogens is 1. The molecule has 1 amide bonds. The molecule has 0 atom stereocenters. The number of alkyl carbamates (subject to hydrolysis) is 1. The van der Waals surface area contributed by atoms with Crippen molar-refractivity contribution in [2.24, 2.45) is 0 Å². The van der Waals surface area contributed by atoms with Gasteiger partial charge in [-0.3, -0.25) is 0 Å². The molecule has 0 aliphatic heterocycles. The van der Waals surface area contributed by atoms with E-state index in [0.717, 1.165) is 11.0 Å². The zero-order chi connectivity index (χ0) is 42.9. The molecular weight excluding hydrogens is 909 g/mol. The van der Waals surface area contributed by atoms with E-state index in [1.807, 2.05) is 24.3 Å². The Balaban J connectivity index is 0.915. The number of nitrogens with one attached hydrogen (secondary N) is 1. The van der Waals surface area contributed by atoms with Crippen LogP contribution in [0.2, 0.25) is 0 Å². The van der Waals surface area contributed by atoms with E-state index in [1.165, 1.54) is 22.3 Å². The summed E-state index contributed by atoms with van der Waals surface area (Å²) in [7, 11) is 0. The fraction of sp³-hybridized carbons (Fsp3) is 0.705. The molecule has 0 radical (unpaired) electrons. The van der Waals surface area contributed by atoms with Crippen LogP contribution in [0.3, 0.4) is 0 Å². The maximum absolute atomic E-state index is 12.3. The fourth-order valence-electron chi connectivity index (χ4n) is 5.81. The smallest absolute Gasteiger partial charge is 0.407 e. The molecule has 0 heterocycles. The standard InChI is InChI=1S/C44H70INO15/c45-10-13-49-15-17-51-19-21-53-23-25-55-27-29-57-31-33-59-35-37-60-36-34-58-32-30-56-28-26-54-24-22-52-20-18-50-16-14-48-12-5-11-46-44(47)61-38-43-41-8-3-1-6-39(41)40-7-2-4-9-42(40)43/h1-4,6-9,43H,5,10-38H2,(H,46,47). The highest BCUT2D eigenvalue weighted by atomic mass is 127. The predicted octanol–water partition coefficient (Wildman–Crippen LogP) is 4.57. The number of alkyl halides is 1. The molecule has 0 saturated carbocycles. The molecule has 2 aromatic rings. The van der Waals surface area contributed by atoms with Crippen LogP contribution in [0.4, 0.5) is 4.79 Å². The molecule has 348 valence electrons. The molecule has 17 heteroatoms. The second kappa shape index (κ2) is 39.5. The topological polar surface area (TPSA) is 158 Å². The Labute approximate surface area is 376 Å². The minimum absolute atomic E-state index is 0.0474. The summed E-state index contributed by atoms with van der Waals surface area (Å²) in [5.74, 6) is 0.0474. The van der Waals surface area contributed by atoms with Gasteiger partial charge in [0, 0.05) is 23.5 Å². The van der Waals surface area contributed by atoms with Crippen LogP contribution in [0, 0.1) is 0 Å². The van der Waals surface area contributed by atoms with Gasteiger partial charge in [-0.2, -0.15) is 0 Å². The van der Waals surface area contributed by atoms with Gasteiger partial charge in [0.05, 0.1) is 165 Å². The molecule has 0 fully saturated rings. The number of amides is 1. The van der Waals surface area contributed by atoms with Crippen LogP contribution >= 0.6 is 22.6 Å². The number of rotatable bonds is 44. The second-order valence-corrected chi connectivity index (χ2v) is 14.3. The van der Waals surface area contributed by atoms with Crippen LogP contribution in [0.25, 0.3) is 11.1 Å². The Morgan fingerprint density at radius 1 is 0.410 bits per heavy atom. The van der Waals surface area contributed by atoms with Gasteiger partial charge >= 0.3 is 6.09 Å². The summed E-state index contributed by atoms with van der Waals surface area (Å²) in [4.78, 5) is 12.3. The van der Waals surface area contributed by atoms with Crippen LogP contribution in [0.15, 0.2) is 48.5 Å². The summed E-state index contributed by atoms with van der Waals surface area (Å²) in [6, 6.07) is 16.6. The van der Waals surface area contributed by atoms with Crippen molar-refractivity contribution in [3.05, 3.63) is 59.7 Å². The summed E-state index contributed by atoms with van der Waals surface area (Å²) in [5.41, 5.74) is 4.80. The first-order valence-corrected chi connectivity index (χ1v) is 23.0. The quantitative estimate of drug-likeness (QED) is 0.0560. The van der Waals surface area contributed by atoms with Crippen LogP contribution in [-0.2, 0) is 66.3 Å². The number of carbonyl (C=O) groups excluding carboxylic acids is 1. The lowest BCUT2D eigenvalue weighted by Crippen LogP contribution is -2.27. The van der Waals surface area contributed by atoms with Crippen molar-refractivity contribution in [3.8, 4) is 11.1 Å². The Kier molecular flexibility index (Phi) is 34.5. The van der Waals surface area contributed by atoms with Crippen LogP contribution in [-0.4, -0.2) is 195 Å².